The van der Waals surface area contributed by atoms with E-state index in [4.69, 9.17) is 14.7 Å². The van der Waals surface area contributed by atoms with Gasteiger partial charge in [-0.05, 0) is 75.8 Å². The molecule has 1 aliphatic carbocycles. The van der Waals surface area contributed by atoms with Crippen LogP contribution in [0.5, 0.6) is 5.75 Å². The topological polar surface area (TPSA) is 88.9 Å². The number of hydrogen-bond donors (Lipinski definition) is 3. The molecule has 39 heavy (non-hydrogen) atoms. The Labute approximate surface area is 231 Å². The predicted octanol–water partition coefficient (Wildman–Crippen LogP) is 6.29. The maximum atomic E-state index is 6.01. The molecule has 0 saturated heterocycles. The van der Waals surface area contributed by atoms with Gasteiger partial charge in [-0.2, -0.15) is 9.97 Å². The van der Waals surface area contributed by atoms with E-state index in [0.29, 0.717) is 31.2 Å². The molecule has 1 fully saturated rings. The zero-order valence-electron chi connectivity index (χ0n) is 23.4. The molecule has 0 radical (unpaired) electrons. The smallest absolute Gasteiger partial charge is 0.227 e. The number of anilines is 2. The van der Waals surface area contributed by atoms with E-state index in [2.05, 4.69) is 82.7 Å². The molecule has 0 bridgehead atoms. The van der Waals surface area contributed by atoms with E-state index in [1.54, 1.807) is 0 Å². The van der Waals surface area contributed by atoms with Gasteiger partial charge in [-0.25, -0.2) is 4.98 Å². The zero-order valence-corrected chi connectivity index (χ0v) is 23.4. The van der Waals surface area contributed by atoms with Crippen molar-refractivity contribution in [2.24, 2.45) is 0 Å². The monoisotopic (exact) mass is 527 g/mol. The van der Waals surface area contributed by atoms with E-state index in [9.17, 15) is 0 Å². The van der Waals surface area contributed by atoms with Crippen molar-refractivity contribution in [2.45, 2.75) is 71.0 Å². The molecule has 8 nitrogen and oxygen atoms in total. The molecule has 5 rings (SSSR count). The second-order valence-electron chi connectivity index (χ2n) is 10.6. The third kappa shape index (κ3) is 6.87. The number of rotatable bonds is 12. The molecule has 2 heterocycles. The van der Waals surface area contributed by atoms with Crippen molar-refractivity contribution in [1.82, 2.24) is 24.8 Å². The summed E-state index contributed by atoms with van der Waals surface area (Å²) >= 11 is 0. The lowest BCUT2D eigenvalue weighted by Gasteiger charge is -2.29. The van der Waals surface area contributed by atoms with Crippen LogP contribution in [0.4, 0.5) is 11.8 Å². The third-order valence-corrected chi connectivity index (χ3v) is 7.35. The second kappa shape index (κ2) is 12.9. The van der Waals surface area contributed by atoms with Crippen LogP contribution in [0.1, 0.15) is 58.9 Å². The highest BCUT2D eigenvalue weighted by Gasteiger charge is 2.22. The van der Waals surface area contributed by atoms with Crippen LogP contribution in [0, 0.1) is 0 Å². The fourth-order valence-corrected chi connectivity index (χ4v) is 5.17. The number of hydrogen-bond acceptors (Lipinski definition) is 7. The summed E-state index contributed by atoms with van der Waals surface area (Å²) in [4.78, 5) is 14.4. The maximum Gasteiger partial charge on any atom is 0.227 e. The SMILES string of the molecule is CCCNC1CCC(Nc2nc(NCCOc3ccc(-c4ccccc4)cc3)c3ncn(C(C)C)c3n2)CC1. The Morgan fingerprint density at radius 1 is 0.897 bits per heavy atom. The Hall–Kier alpha value is -3.65. The first-order valence-corrected chi connectivity index (χ1v) is 14.4. The summed E-state index contributed by atoms with van der Waals surface area (Å²) in [7, 11) is 0. The molecular formula is C31H41N7O. The largest absolute Gasteiger partial charge is 0.492 e. The molecule has 2 aromatic carbocycles. The van der Waals surface area contributed by atoms with Crippen LogP contribution in [-0.4, -0.2) is 51.3 Å². The van der Waals surface area contributed by atoms with Gasteiger partial charge in [0.25, 0.3) is 0 Å². The van der Waals surface area contributed by atoms with E-state index in [0.717, 1.165) is 42.1 Å². The summed E-state index contributed by atoms with van der Waals surface area (Å²) in [6.07, 6.45) is 7.63. The number of nitrogens with one attached hydrogen (secondary N) is 3. The van der Waals surface area contributed by atoms with Crippen molar-refractivity contribution in [1.29, 1.82) is 0 Å². The number of nitrogens with zero attached hydrogens (tertiary/aromatic N) is 4. The summed E-state index contributed by atoms with van der Waals surface area (Å²) in [6.45, 7) is 8.72. The van der Waals surface area contributed by atoms with Gasteiger partial charge in [0.2, 0.25) is 5.95 Å². The van der Waals surface area contributed by atoms with Crippen molar-refractivity contribution < 1.29 is 4.74 Å². The van der Waals surface area contributed by atoms with E-state index in [1.165, 1.54) is 30.4 Å². The maximum absolute atomic E-state index is 6.01. The van der Waals surface area contributed by atoms with Gasteiger partial charge >= 0.3 is 0 Å². The first-order chi connectivity index (χ1) is 19.1. The molecule has 1 saturated carbocycles. The average Bonchev–Trinajstić information content (AvgIpc) is 3.40. The minimum absolute atomic E-state index is 0.257. The van der Waals surface area contributed by atoms with Crippen LogP contribution in [0.3, 0.4) is 0 Å². The fraction of sp³-hybridized carbons (Fsp3) is 0.452. The highest BCUT2D eigenvalue weighted by Crippen LogP contribution is 2.26. The number of ether oxygens (including phenoxy) is 1. The first-order valence-electron chi connectivity index (χ1n) is 14.4. The molecule has 2 aromatic heterocycles. The minimum Gasteiger partial charge on any atom is -0.492 e. The second-order valence-corrected chi connectivity index (χ2v) is 10.6. The van der Waals surface area contributed by atoms with Crippen LogP contribution < -0.4 is 20.7 Å². The Morgan fingerprint density at radius 2 is 1.62 bits per heavy atom. The molecule has 8 heteroatoms. The van der Waals surface area contributed by atoms with E-state index < -0.39 is 0 Å². The quantitative estimate of drug-likeness (QED) is 0.187. The van der Waals surface area contributed by atoms with E-state index in [1.807, 2.05) is 24.5 Å². The lowest BCUT2D eigenvalue weighted by molar-refractivity contribution is 0.333. The fourth-order valence-electron chi connectivity index (χ4n) is 5.17. The predicted molar refractivity (Wildman–Crippen MR) is 160 cm³/mol. The standard InChI is InChI=1S/C31H41N7O/c1-4-18-32-25-12-14-26(15-13-25)35-31-36-29(28-30(37-31)38(21-34-28)22(2)3)33-19-20-39-27-16-10-24(11-17-27)23-8-6-5-7-9-23/h5-11,16-17,21-22,25-26,32H,4,12-15,18-20H2,1-3H3,(H2,33,35,36,37). The first kappa shape index (κ1) is 26.9. The van der Waals surface area contributed by atoms with Gasteiger partial charge in [-0.15, -0.1) is 0 Å². The van der Waals surface area contributed by atoms with Crippen molar-refractivity contribution >= 4 is 22.9 Å². The van der Waals surface area contributed by atoms with Crippen LogP contribution in [0.2, 0.25) is 0 Å². The van der Waals surface area contributed by atoms with Gasteiger partial charge in [0.05, 0.1) is 12.9 Å². The molecule has 3 N–H and O–H groups in total. The third-order valence-electron chi connectivity index (χ3n) is 7.35. The van der Waals surface area contributed by atoms with Crippen LogP contribution >= 0.6 is 0 Å². The molecule has 4 aromatic rings. The van der Waals surface area contributed by atoms with Crippen molar-refractivity contribution in [3.05, 3.63) is 60.9 Å². The normalized spacial score (nSPS) is 17.4. The molecule has 0 atom stereocenters. The molecule has 0 unspecified atom stereocenters. The Balaban J connectivity index is 1.21. The lowest BCUT2D eigenvalue weighted by atomic mass is 9.91. The highest BCUT2D eigenvalue weighted by atomic mass is 16.5. The lowest BCUT2D eigenvalue weighted by Crippen LogP contribution is -2.37. The van der Waals surface area contributed by atoms with Crippen LogP contribution in [0.15, 0.2) is 60.9 Å². The molecule has 0 spiro atoms. The Bertz CT molecular complexity index is 1310. The molecule has 0 amide bonds. The number of aromatic nitrogens is 4. The molecule has 206 valence electrons. The van der Waals surface area contributed by atoms with Gasteiger partial charge in [0.1, 0.15) is 12.4 Å². The van der Waals surface area contributed by atoms with Gasteiger partial charge in [0.15, 0.2) is 17.0 Å². The van der Waals surface area contributed by atoms with Crippen molar-refractivity contribution in [2.75, 3.05) is 30.3 Å². The van der Waals surface area contributed by atoms with Crippen molar-refractivity contribution in [3.8, 4) is 16.9 Å². The van der Waals surface area contributed by atoms with Gasteiger partial charge < -0.3 is 25.3 Å². The summed E-state index contributed by atoms with van der Waals surface area (Å²) in [6, 6.07) is 19.8. The molecular weight excluding hydrogens is 486 g/mol. The molecule has 0 aliphatic heterocycles. The summed E-state index contributed by atoms with van der Waals surface area (Å²) in [5.41, 5.74) is 4.01. The Morgan fingerprint density at radius 3 is 2.33 bits per heavy atom. The van der Waals surface area contributed by atoms with Gasteiger partial charge in [-0.3, -0.25) is 0 Å². The summed E-state index contributed by atoms with van der Waals surface area (Å²) in [5.74, 6) is 2.25. The van der Waals surface area contributed by atoms with Gasteiger partial charge in [-0.1, -0.05) is 49.4 Å². The number of fused-ring (bicyclic) bond motifs is 1. The van der Waals surface area contributed by atoms with Gasteiger partial charge in [0, 0.05) is 18.1 Å². The van der Waals surface area contributed by atoms with Crippen LogP contribution in [0.25, 0.3) is 22.3 Å². The van der Waals surface area contributed by atoms with Crippen molar-refractivity contribution in [3.63, 3.8) is 0 Å². The zero-order chi connectivity index (χ0) is 27.0. The van der Waals surface area contributed by atoms with E-state index in [-0.39, 0.29) is 6.04 Å². The Kier molecular flexibility index (Phi) is 8.93. The van der Waals surface area contributed by atoms with E-state index >= 15 is 0 Å². The molecule has 1 aliphatic rings. The highest BCUT2D eigenvalue weighted by molar-refractivity contribution is 5.84. The summed E-state index contributed by atoms with van der Waals surface area (Å²) in [5, 5.41) is 10.7. The number of benzene rings is 2. The minimum atomic E-state index is 0.257. The summed E-state index contributed by atoms with van der Waals surface area (Å²) < 4.78 is 8.11. The number of imidazole rings is 1. The average molecular weight is 528 g/mol. The van der Waals surface area contributed by atoms with Crippen LogP contribution in [-0.2, 0) is 0 Å².